The third-order valence-corrected chi connectivity index (χ3v) is 4.33. The van der Waals surface area contributed by atoms with E-state index in [0.717, 1.165) is 4.90 Å². The summed E-state index contributed by atoms with van der Waals surface area (Å²) in [7, 11) is -3.95. The number of carbonyl (C=O) groups is 3. The topological polar surface area (TPSA) is 156 Å². The number of nitrogens with two attached hydrogens (primary N) is 1. The molecular weight excluding hydrogens is 330 g/mol. The van der Waals surface area contributed by atoms with Gasteiger partial charge in [0.1, 0.15) is 16.9 Å². The Morgan fingerprint density at radius 3 is 2.43 bits per heavy atom. The second-order valence-corrected chi connectivity index (χ2v) is 8.04. The largest absolute Gasteiger partial charge is 0.480 e. The van der Waals surface area contributed by atoms with Gasteiger partial charge in [-0.05, 0) is 20.8 Å². The van der Waals surface area contributed by atoms with Gasteiger partial charge in [-0.2, -0.15) is 0 Å². The van der Waals surface area contributed by atoms with Crippen molar-refractivity contribution >= 4 is 28.0 Å². The summed E-state index contributed by atoms with van der Waals surface area (Å²) in [6, 6.07) is -1.40. The van der Waals surface area contributed by atoms with E-state index in [9.17, 15) is 27.9 Å². The zero-order valence-corrected chi connectivity index (χ0v) is 13.9. The highest BCUT2D eigenvalue weighted by molar-refractivity contribution is 7.89. The number of carbonyl (C=O) groups excluding carboxylic acids is 2. The van der Waals surface area contributed by atoms with Crippen LogP contribution in [0.25, 0.3) is 0 Å². The van der Waals surface area contributed by atoms with Crippen molar-refractivity contribution in [2.75, 3.05) is 13.1 Å². The smallest absolute Gasteiger partial charge is 0.407 e. The number of hydrogen-bond donors (Lipinski definition) is 3. The minimum Gasteiger partial charge on any atom is -0.480 e. The van der Waals surface area contributed by atoms with Crippen LogP contribution >= 0.6 is 0 Å². The van der Waals surface area contributed by atoms with Gasteiger partial charge in [0.15, 0.2) is 0 Å². The molecule has 1 fully saturated rings. The molecule has 0 spiro atoms. The predicted molar refractivity (Wildman–Crippen MR) is 78.9 cm³/mol. The predicted octanol–water partition coefficient (Wildman–Crippen LogP) is -1.15. The molecule has 0 aromatic carbocycles. The summed E-state index contributed by atoms with van der Waals surface area (Å²) in [6.07, 6.45) is -1.21. The van der Waals surface area contributed by atoms with Crippen LogP contribution in [-0.2, 0) is 24.3 Å². The number of nitrogens with one attached hydrogen (secondary N) is 1. The summed E-state index contributed by atoms with van der Waals surface area (Å²) in [5, 5.41) is 15.3. The Balaban J connectivity index is 2.75. The normalized spacial score (nSPS) is 20.3. The van der Waals surface area contributed by atoms with Crippen molar-refractivity contribution in [1.82, 2.24) is 10.2 Å². The van der Waals surface area contributed by atoms with E-state index < -0.39 is 51.4 Å². The lowest BCUT2D eigenvalue weighted by Gasteiger charge is -2.26. The zero-order chi connectivity index (χ0) is 18.0. The molecule has 2 atom stereocenters. The van der Waals surface area contributed by atoms with Crippen LogP contribution in [0.3, 0.4) is 0 Å². The van der Waals surface area contributed by atoms with Gasteiger partial charge in [0.2, 0.25) is 15.9 Å². The quantitative estimate of drug-likeness (QED) is 0.564. The van der Waals surface area contributed by atoms with E-state index in [4.69, 9.17) is 9.88 Å². The molecule has 0 aromatic heterocycles. The summed E-state index contributed by atoms with van der Waals surface area (Å²) in [4.78, 5) is 35.6. The molecule has 23 heavy (non-hydrogen) atoms. The van der Waals surface area contributed by atoms with Gasteiger partial charge in [-0.3, -0.25) is 4.79 Å². The lowest BCUT2D eigenvalue weighted by Crippen LogP contribution is -2.50. The molecule has 0 radical (unpaired) electrons. The van der Waals surface area contributed by atoms with Gasteiger partial charge in [0.25, 0.3) is 0 Å². The van der Waals surface area contributed by atoms with Crippen molar-refractivity contribution in [2.24, 2.45) is 5.14 Å². The number of sulfonamides is 1. The molecule has 10 nitrogen and oxygen atoms in total. The van der Waals surface area contributed by atoms with E-state index in [1.54, 1.807) is 20.8 Å². The number of primary sulfonamides is 1. The van der Waals surface area contributed by atoms with Crippen molar-refractivity contribution in [3.63, 3.8) is 0 Å². The van der Waals surface area contributed by atoms with Crippen molar-refractivity contribution in [1.29, 1.82) is 0 Å². The van der Waals surface area contributed by atoms with Gasteiger partial charge in [-0.15, -0.1) is 0 Å². The summed E-state index contributed by atoms with van der Waals surface area (Å²) < 4.78 is 27.6. The molecule has 1 unspecified atom stereocenters. The van der Waals surface area contributed by atoms with E-state index in [1.807, 2.05) is 0 Å². The van der Waals surface area contributed by atoms with Crippen LogP contribution in [0.4, 0.5) is 4.79 Å². The maximum absolute atomic E-state index is 11.8. The molecular formula is C12H21N3O7S. The Labute approximate surface area is 134 Å². The SMILES string of the molecule is CC(C)(C)OC(=O)NC[C@H](C(=O)O)N1CC(S(N)(=O)=O)CC1=O. The highest BCUT2D eigenvalue weighted by atomic mass is 32.2. The third-order valence-electron chi connectivity index (χ3n) is 3.09. The fourth-order valence-electron chi connectivity index (χ4n) is 2.04. The fraction of sp³-hybridized carbons (Fsp3) is 0.750. The van der Waals surface area contributed by atoms with Crippen LogP contribution in [0.1, 0.15) is 27.2 Å². The molecule has 0 aromatic rings. The number of amides is 2. The summed E-state index contributed by atoms with van der Waals surface area (Å²) >= 11 is 0. The summed E-state index contributed by atoms with van der Waals surface area (Å²) in [5.41, 5.74) is -0.759. The second-order valence-electron chi connectivity index (χ2n) is 6.20. The van der Waals surface area contributed by atoms with Gasteiger partial charge in [0.05, 0.1) is 6.54 Å². The van der Waals surface area contributed by atoms with Crippen LogP contribution in [-0.4, -0.2) is 66.4 Å². The number of ether oxygens (including phenoxy) is 1. The third kappa shape index (κ3) is 5.67. The molecule has 1 aliphatic heterocycles. The molecule has 0 saturated carbocycles. The molecule has 1 rings (SSSR count). The first-order chi connectivity index (χ1) is 10.3. The number of carboxylic acids is 1. The maximum atomic E-state index is 11.8. The van der Waals surface area contributed by atoms with Crippen LogP contribution in [0.15, 0.2) is 0 Å². The highest BCUT2D eigenvalue weighted by Crippen LogP contribution is 2.19. The first-order valence-electron chi connectivity index (χ1n) is 6.82. The highest BCUT2D eigenvalue weighted by Gasteiger charge is 2.42. The van der Waals surface area contributed by atoms with Crippen LogP contribution in [0.2, 0.25) is 0 Å². The molecule has 1 saturated heterocycles. The molecule has 1 heterocycles. The van der Waals surface area contributed by atoms with E-state index in [1.165, 1.54) is 0 Å². The van der Waals surface area contributed by atoms with Crippen LogP contribution in [0, 0.1) is 0 Å². The van der Waals surface area contributed by atoms with Crippen molar-refractivity contribution in [2.45, 2.75) is 44.1 Å². The number of alkyl carbamates (subject to hydrolysis) is 1. The average molecular weight is 351 g/mol. The first-order valence-corrected chi connectivity index (χ1v) is 8.43. The van der Waals surface area contributed by atoms with E-state index >= 15 is 0 Å². The monoisotopic (exact) mass is 351 g/mol. The Hall–Kier alpha value is -1.88. The zero-order valence-electron chi connectivity index (χ0n) is 13.1. The summed E-state index contributed by atoms with van der Waals surface area (Å²) in [6.45, 7) is 4.18. The first kappa shape index (κ1) is 19.2. The molecule has 2 amide bonds. The number of likely N-dealkylation sites (tertiary alicyclic amines) is 1. The van der Waals surface area contributed by atoms with Gasteiger partial charge >= 0.3 is 12.1 Å². The van der Waals surface area contributed by atoms with Crippen LogP contribution < -0.4 is 10.5 Å². The number of nitrogens with zero attached hydrogens (tertiary/aromatic N) is 1. The van der Waals surface area contributed by atoms with Crippen molar-refractivity contribution in [3.05, 3.63) is 0 Å². The lowest BCUT2D eigenvalue weighted by molar-refractivity contribution is -0.148. The number of rotatable bonds is 5. The van der Waals surface area contributed by atoms with E-state index in [2.05, 4.69) is 5.32 Å². The average Bonchev–Trinajstić information content (AvgIpc) is 2.69. The Kier molecular flexibility index (Phi) is 5.59. The number of carboxylic acid groups (broad SMARTS) is 1. The Morgan fingerprint density at radius 2 is 2.04 bits per heavy atom. The van der Waals surface area contributed by atoms with E-state index in [0.29, 0.717) is 0 Å². The van der Waals surface area contributed by atoms with Gasteiger partial charge in [-0.1, -0.05) is 0 Å². The van der Waals surface area contributed by atoms with Gasteiger partial charge < -0.3 is 20.1 Å². The molecule has 0 bridgehead atoms. The second kappa shape index (κ2) is 6.71. The molecule has 4 N–H and O–H groups in total. The van der Waals surface area contributed by atoms with Gasteiger partial charge in [-0.25, -0.2) is 23.1 Å². The minimum atomic E-state index is -3.95. The Morgan fingerprint density at radius 1 is 1.48 bits per heavy atom. The van der Waals surface area contributed by atoms with Crippen molar-refractivity contribution in [3.8, 4) is 0 Å². The van der Waals surface area contributed by atoms with E-state index in [-0.39, 0.29) is 13.0 Å². The van der Waals surface area contributed by atoms with Gasteiger partial charge in [0, 0.05) is 13.0 Å². The molecule has 132 valence electrons. The lowest BCUT2D eigenvalue weighted by atomic mass is 10.2. The fourth-order valence-corrected chi connectivity index (χ4v) is 2.79. The van der Waals surface area contributed by atoms with Crippen LogP contribution in [0.5, 0.6) is 0 Å². The molecule has 11 heteroatoms. The number of aliphatic carboxylic acids is 1. The molecule has 0 aliphatic carbocycles. The van der Waals surface area contributed by atoms with Crippen molar-refractivity contribution < 1.29 is 32.6 Å². The molecule has 1 aliphatic rings. The standard InChI is InChI=1S/C12H21N3O7S/c1-12(2,3)22-11(19)14-5-8(10(17)18)15-6-7(4-9(15)16)23(13,20)21/h7-8H,4-6H2,1-3H3,(H,14,19)(H,17,18)(H2,13,20,21)/t7?,8-/m1/s1. The number of hydrogen-bond acceptors (Lipinski definition) is 6. The maximum Gasteiger partial charge on any atom is 0.407 e. The Bertz CT molecular complexity index is 596. The summed E-state index contributed by atoms with van der Waals surface area (Å²) in [5.74, 6) is -2.02. The minimum absolute atomic E-state index is 0.329.